The van der Waals surface area contributed by atoms with Gasteiger partial charge in [0.25, 0.3) is 0 Å². The average Bonchev–Trinajstić information content (AvgIpc) is 3.25. The molecular weight excluding hydrogens is 401 g/mol. The smallest absolute Gasteiger partial charge is 0.315 e. The summed E-state index contributed by atoms with van der Waals surface area (Å²) in [5.74, 6) is 1.48. The van der Waals surface area contributed by atoms with E-state index < -0.39 is 6.03 Å². The summed E-state index contributed by atoms with van der Waals surface area (Å²) >= 11 is 1.71. The Morgan fingerprint density at radius 3 is 2.83 bits per heavy atom. The van der Waals surface area contributed by atoms with Gasteiger partial charge in [0.05, 0.1) is 0 Å². The first-order valence-corrected chi connectivity index (χ1v) is 11.2. The minimum Gasteiger partial charge on any atom is -0.492 e. The maximum absolute atomic E-state index is 13.5. The van der Waals surface area contributed by atoms with Gasteiger partial charge in [-0.2, -0.15) is 0 Å². The third-order valence-corrected chi connectivity index (χ3v) is 6.76. The van der Waals surface area contributed by atoms with E-state index in [1.165, 1.54) is 11.6 Å². The van der Waals surface area contributed by atoms with Crippen molar-refractivity contribution in [3.63, 3.8) is 0 Å². The van der Waals surface area contributed by atoms with Crippen molar-refractivity contribution < 1.29 is 13.9 Å². The van der Waals surface area contributed by atoms with Crippen molar-refractivity contribution in [1.29, 1.82) is 0 Å². The lowest BCUT2D eigenvalue weighted by Crippen LogP contribution is -2.35. The number of ether oxygens (including phenoxy) is 1. The SMILES string of the molecule is NC(=O)N1CCSC1c1ccccc1OCCN1CC=C(c2cccc(F)c2)CC1. The zero-order valence-corrected chi connectivity index (χ0v) is 17.6. The number of urea groups is 1. The molecule has 2 heterocycles. The molecule has 2 aliphatic heterocycles. The van der Waals surface area contributed by atoms with E-state index in [-0.39, 0.29) is 11.2 Å². The summed E-state index contributed by atoms with van der Waals surface area (Å²) in [7, 11) is 0. The molecule has 2 amide bonds. The number of rotatable bonds is 6. The van der Waals surface area contributed by atoms with Gasteiger partial charge in [-0.3, -0.25) is 4.90 Å². The number of primary amides is 1. The molecule has 0 bridgehead atoms. The first-order valence-electron chi connectivity index (χ1n) is 10.2. The number of hydrogen-bond donors (Lipinski definition) is 1. The zero-order chi connectivity index (χ0) is 20.9. The van der Waals surface area contributed by atoms with E-state index in [2.05, 4.69) is 11.0 Å². The van der Waals surface area contributed by atoms with E-state index in [1.807, 2.05) is 30.3 Å². The van der Waals surface area contributed by atoms with Gasteiger partial charge in [0, 0.05) is 37.5 Å². The number of benzene rings is 2. The lowest BCUT2D eigenvalue weighted by molar-refractivity contribution is 0.206. The predicted octanol–water partition coefficient (Wildman–Crippen LogP) is 4.12. The predicted molar refractivity (Wildman–Crippen MR) is 119 cm³/mol. The highest BCUT2D eigenvalue weighted by Gasteiger charge is 2.31. The number of thioether (sulfide) groups is 1. The molecule has 1 fully saturated rings. The third-order valence-electron chi connectivity index (χ3n) is 5.51. The van der Waals surface area contributed by atoms with Crippen LogP contribution in [0.5, 0.6) is 5.75 Å². The maximum Gasteiger partial charge on any atom is 0.315 e. The van der Waals surface area contributed by atoms with Gasteiger partial charge >= 0.3 is 6.03 Å². The van der Waals surface area contributed by atoms with Gasteiger partial charge in [0.1, 0.15) is 23.5 Å². The number of carbonyl (C=O) groups is 1. The normalized spacial score (nSPS) is 19.6. The zero-order valence-electron chi connectivity index (χ0n) is 16.8. The molecule has 1 saturated heterocycles. The number of nitrogens with two attached hydrogens (primary N) is 1. The second-order valence-electron chi connectivity index (χ2n) is 7.43. The van der Waals surface area contributed by atoms with Gasteiger partial charge in [-0.25, -0.2) is 9.18 Å². The van der Waals surface area contributed by atoms with Crippen LogP contribution in [-0.2, 0) is 0 Å². The minimum atomic E-state index is -0.394. The fraction of sp³-hybridized carbons (Fsp3) is 0.348. The molecule has 2 N–H and O–H groups in total. The molecule has 2 aromatic rings. The Bertz CT molecular complexity index is 936. The van der Waals surface area contributed by atoms with E-state index in [9.17, 15) is 9.18 Å². The van der Waals surface area contributed by atoms with Crippen LogP contribution in [0, 0.1) is 5.82 Å². The molecule has 0 aromatic heterocycles. The molecule has 0 radical (unpaired) electrons. The van der Waals surface area contributed by atoms with Crippen molar-refractivity contribution >= 4 is 23.4 Å². The molecule has 0 spiro atoms. The van der Waals surface area contributed by atoms with E-state index in [1.54, 1.807) is 28.8 Å². The van der Waals surface area contributed by atoms with E-state index >= 15 is 0 Å². The summed E-state index contributed by atoms with van der Waals surface area (Å²) in [5.41, 5.74) is 8.69. The Morgan fingerprint density at radius 1 is 1.20 bits per heavy atom. The van der Waals surface area contributed by atoms with Crippen molar-refractivity contribution in [1.82, 2.24) is 9.80 Å². The van der Waals surface area contributed by atoms with Crippen molar-refractivity contribution in [2.75, 3.05) is 38.5 Å². The monoisotopic (exact) mass is 427 g/mol. The highest BCUT2D eigenvalue weighted by Crippen LogP contribution is 2.41. The molecular formula is C23H26FN3O2S. The molecule has 4 rings (SSSR count). The molecule has 1 unspecified atom stereocenters. The van der Waals surface area contributed by atoms with Gasteiger partial charge in [-0.1, -0.05) is 36.4 Å². The van der Waals surface area contributed by atoms with Crippen molar-refractivity contribution in [3.05, 3.63) is 71.6 Å². The Balaban J connectivity index is 1.33. The Morgan fingerprint density at radius 2 is 2.07 bits per heavy atom. The van der Waals surface area contributed by atoms with Crippen LogP contribution in [0.4, 0.5) is 9.18 Å². The van der Waals surface area contributed by atoms with Gasteiger partial charge in [0.2, 0.25) is 0 Å². The summed E-state index contributed by atoms with van der Waals surface area (Å²) in [4.78, 5) is 15.7. The van der Waals surface area contributed by atoms with Gasteiger partial charge < -0.3 is 15.4 Å². The second kappa shape index (κ2) is 9.53. The second-order valence-corrected chi connectivity index (χ2v) is 8.62. The molecule has 7 heteroatoms. The summed E-state index contributed by atoms with van der Waals surface area (Å²) in [5, 5.41) is -0.0922. The standard InChI is InChI=1S/C23H26FN3O2S/c24-19-5-3-4-18(16-19)17-8-10-26(11-9-17)12-14-29-21-7-2-1-6-20(21)22-27(23(25)28)13-15-30-22/h1-8,16,22H,9-15H2,(H2,25,28). The van der Waals surface area contributed by atoms with E-state index in [0.717, 1.165) is 48.7 Å². The van der Waals surface area contributed by atoms with Crippen molar-refractivity contribution in [3.8, 4) is 5.75 Å². The number of halogens is 1. The Kier molecular flexibility index (Phi) is 6.59. The van der Waals surface area contributed by atoms with E-state index in [0.29, 0.717) is 13.2 Å². The lowest BCUT2D eigenvalue weighted by Gasteiger charge is -2.27. The molecule has 2 aromatic carbocycles. The molecule has 0 saturated carbocycles. The van der Waals surface area contributed by atoms with Crippen LogP contribution in [0.25, 0.3) is 5.57 Å². The summed E-state index contributed by atoms with van der Waals surface area (Å²) < 4.78 is 19.6. The van der Waals surface area contributed by atoms with Crippen LogP contribution < -0.4 is 10.5 Å². The summed E-state index contributed by atoms with van der Waals surface area (Å²) in [6.07, 6.45) is 3.07. The highest BCUT2D eigenvalue weighted by atomic mass is 32.2. The van der Waals surface area contributed by atoms with Crippen LogP contribution >= 0.6 is 11.8 Å². The molecule has 158 valence electrons. The average molecular weight is 428 g/mol. The summed E-state index contributed by atoms with van der Waals surface area (Å²) in [6.45, 7) is 3.77. The molecule has 1 atom stereocenters. The molecule has 2 aliphatic rings. The molecule has 0 aliphatic carbocycles. The quantitative estimate of drug-likeness (QED) is 0.753. The Hall–Kier alpha value is -2.51. The molecule has 5 nitrogen and oxygen atoms in total. The maximum atomic E-state index is 13.5. The van der Waals surface area contributed by atoms with Crippen LogP contribution in [0.3, 0.4) is 0 Å². The fourth-order valence-corrected chi connectivity index (χ4v) is 5.21. The highest BCUT2D eigenvalue weighted by molar-refractivity contribution is 7.99. The molecule has 30 heavy (non-hydrogen) atoms. The Labute approximate surface area is 180 Å². The number of amides is 2. The van der Waals surface area contributed by atoms with Crippen molar-refractivity contribution in [2.24, 2.45) is 5.73 Å². The first kappa shape index (κ1) is 20.8. The van der Waals surface area contributed by atoms with Crippen molar-refractivity contribution in [2.45, 2.75) is 11.8 Å². The first-order chi connectivity index (χ1) is 14.6. The van der Waals surface area contributed by atoms with Gasteiger partial charge in [-0.15, -0.1) is 11.8 Å². The van der Waals surface area contributed by atoms with Crippen LogP contribution in [0.1, 0.15) is 22.9 Å². The fourth-order valence-electron chi connectivity index (χ4n) is 3.92. The summed E-state index contributed by atoms with van der Waals surface area (Å²) in [6, 6.07) is 14.2. The van der Waals surface area contributed by atoms with Crippen LogP contribution in [-0.4, -0.2) is 54.4 Å². The van der Waals surface area contributed by atoms with Gasteiger partial charge in [0.15, 0.2) is 0 Å². The number of nitrogens with zero attached hydrogens (tertiary/aromatic N) is 2. The minimum absolute atomic E-state index is 0.0922. The largest absolute Gasteiger partial charge is 0.492 e. The lowest BCUT2D eigenvalue weighted by atomic mass is 9.99. The number of para-hydroxylation sites is 1. The van der Waals surface area contributed by atoms with E-state index in [4.69, 9.17) is 10.5 Å². The van der Waals surface area contributed by atoms with Gasteiger partial charge in [-0.05, 0) is 35.8 Å². The third kappa shape index (κ3) is 4.79. The van der Waals surface area contributed by atoms with Crippen LogP contribution in [0.2, 0.25) is 0 Å². The van der Waals surface area contributed by atoms with Crippen LogP contribution in [0.15, 0.2) is 54.6 Å². The topological polar surface area (TPSA) is 58.8 Å². The number of hydrogen-bond acceptors (Lipinski definition) is 4. The number of carbonyl (C=O) groups excluding carboxylic acids is 1.